The average molecular weight is 203 g/mol. The van der Waals surface area contributed by atoms with Crippen molar-refractivity contribution in [3.8, 4) is 0 Å². The molecule has 1 heteroatoms. The Kier molecular flexibility index (Phi) is 3.79. The summed E-state index contributed by atoms with van der Waals surface area (Å²) in [5, 5.41) is 0. The first-order valence-electron chi connectivity index (χ1n) is 6.14. The van der Waals surface area contributed by atoms with Gasteiger partial charge in [0.15, 0.2) is 0 Å². The molecule has 0 saturated heterocycles. The van der Waals surface area contributed by atoms with Crippen LogP contribution in [0.2, 0.25) is 0 Å². The van der Waals surface area contributed by atoms with E-state index in [2.05, 4.69) is 30.3 Å². The summed E-state index contributed by atoms with van der Waals surface area (Å²) >= 11 is 0. The summed E-state index contributed by atoms with van der Waals surface area (Å²) in [5.74, 6) is 0.969. The summed E-state index contributed by atoms with van der Waals surface area (Å²) < 4.78 is 0. The van der Waals surface area contributed by atoms with Gasteiger partial charge in [-0.05, 0) is 37.2 Å². The predicted molar refractivity (Wildman–Crippen MR) is 64.7 cm³/mol. The second-order valence-corrected chi connectivity index (χ2v) is 4.82. The minimum atomic E-state index is 0.446. The number of nitrogens with two attached hydrogens (primary N) is 1. The second kappa shape index (κ2) is 5.32. The zero-order valence-electron chi connectivity index (χ0n) is 9.36. The zero-order chi connectivity index (χ0) is 10.5. The van der Waals surface area contributed by atoms with Gasteiger partial charge in [-0.15, -0.1) is 0 Å². The molecule has 2 N–H and O–H groups in total. The van der Waals surface area contributed by atoms with E-state index in [0.717, 1.165) is 5.92 Å². The quantitative estimate of drug-likeness (QED) is 0.755. The van der Waals surface area contributed by atoms with Gasteiger partial charge in [-0.2, -0.15) is 0 Å². The van der Waals surface area contributed by atoms with Crippen molar-refractivity contribution in [3.63, 3.8) is 0 Å². The molecule has 0 amide bonds. The van der Waals surface area contributed by atoms with Crippen molar-refractivity contribution in [2.45, 2.75) is 44.6 Å². The van der Waals surface area contributed by atoms with Crippen LogP contribution in [0, 0.1) is 5.92 Å². The fourth-order valence-corrected chi connectivity index (χ4v) is 2.11. The number of benzene rings is 1. The molecule has 15 heavy (non-hydrogen) atoms. The third-order valence-corrected chi connectivity index (χ3v) is 3.22. The smallest absolute Gasteiger partial charge is 0.00415 e. The third-order valence-electron chi connectivity index (χ3n) is 3.22. The summed E-state index contributed by atoms with van der Waals surface area (Å²) in [4.78, 5) is 0. The van der Waals surface area contributed by atoms with Crippen LogP contribution in [0.4, 0.5) is 0 Å². The highest BCUT2D eigenvalue weighted by Crippen LogP contribution is 2.33. The van der Waals surface area contributed by atoms with Crippen molar-refractivity contribution < 1.29 is 0 Å². The Hall–Kier alpha value is -0.820. The lowest BCUT2D eigenvalue weighted by atomic mass is 10.0. The van der Waals surface area contributed by atoms with Gasteiger partial charge in [-0.25, -0.2) is 0 Å². The Morgan fingerprint density at radius 2 is 1.93 bits per heavy atom. The molecule has 0 radical (unpaired) electrons. The van der Waals surface area contributed by atoms with Crippen LogP contribution in [0.3, 0.4) is 0 Å². The molecule has 1 saturated carbocycles. The molecule has 0 aromatic heterocycles. The minimum absolute atomic E-state index is 0.446. The van der Waals surface area contributed by atoms with E-state index in [0.29, 0.717) is 6.04 Å². The normalized spacial score (nSPS) is 17.7. The van der Waals surface area contributed by atoms with Gasteiger partial charge in [0, 0.05) is 6.04 Å². The fourth-order valence-electron chi connectivity index (χ4n) is 2.11. The maximum atomic E-state index is 6.08. The first-order valence-corrected chi connectivity index (χ1v) is 6.14. The summed E-state index contributed by atoms with van der Waals surface area (Å²) in [6, 6.07) is 11.1. The van der Waals surface area contributed by atoms with Crippen LogP contribution in [0.5, 0.6) is 0 Å². The van der Waals surface area contributed by atoms with Gasteiger partial charge in [0.05, 0.1) is 0 Å². The van der Waals surface area contributed by atoms with Crippen LogP contribution in [0.15, 0.2) is 30.3 Å². The Bertz CT molecular complexity index is 277. The van der Waals surface area contributed by atoms with Crippen LogP contribution in [-0.4, -0.2) is 6.04 Å². The van der Waals surface area contributed by atoms with Crippen LogP contribution in [0.1, 0.15) is 37.7 Å². The molecule has 1 nitrogen and oxygen atoms in total. The average Bonchev–Trinajstić information content (AvgIpc) is 3.03. The predicted octanol–water partition coefficient (Wildman–Crippen LogP) is 3.14. The van der Waals surface area contributed by atoms with Crippen molar-refractivity contribution in [1.82, 2.24) is 0 Å². The third kappa shape index (κ3) is 4.05. The molecule has 1 atom stereocenters. The van der Waals surface area contributed by atoms with E-state index in [1.54, 1.807) is 0 Å². The van der Waals surface area contributed by atoms with Crippen molar-refractivity contribution >= 4 is 0 Å². The van der Waals surface area contributed by atoms with Crippen molar-refractivity contribution in [2.75, 3.05) is 0 Å². The molecule has 1 unspecified atom stereocenters. The van der Waals surface area contributed by atoms with Crippen LogP contribution < -0.4 is 5.73 Å². The standard InChI is InChI=1S/C14H21N/c15-14(11-13-9-10-13)8-4-7-12-5-2-1-3-6-12/h1-3,5-6,13-14H,4,7-11,15H2. The van der Waals surface area contributed by atoms with E-state index in [9.17, 15) is 0 Å². The van der Waals surface area contributed by atoms with Crippen molar-refractivity contribution in [2.24, 2.45) is 11.7 Å². The Balaban J connectivity index is 1.61. The monoisotopic (exact) mass is 203 g/mol. The fraction of sp³-hybridized carbons (Fsp3) is 0.571. The number of aryl methyl sites for hydroxylation is 1. The number of hydrogen-bond donors (Lipinski definition) is 1. The van der Waals surface area contributed by atoms with E-state index in [1.165, 1.54) is 44.1 Å². The molecule has 2 rings (SSSR count). The highest BCUT2D eigenvalue weighted by molar-refractivity contribution is 5.14. The van der Waals surface area contributed by atoms with Crippen LogP contribution in [-0.2, 0) is 6.42 Å². The number of hydrogen-bond acceptors (Lipinski definition) is 1. The summed E-state index contributed by atoms with van der Waals surface area (Å²) in [5.41, 5.74) is 7.52. The van der Waals surface area contributed by atoms with Gasteiger partial charge in [0.1, 0.15) is 0 Å². The first kappa shape index (κ1) is 10.7. The van der Waals surface area contributed by atoms with Crippen LogP contribution >= 0.6 is 0 Å². The lowest BCUT2D eigenvalue weighted by Gasteiger charge is -2.10. The van der Waals surface area contributed by atoms with Crippen molar-refractivity contribution in [3.05, 3.63) is 35.9 Å². The molecule has 1 aromatic rings. The summed E-state index contributed by atoms with van der Waals surface area (Å²) in [6.07, 6.45) is 7.70. The Morgan fingerprint density at radius 1 is 1.20 bits per heavy atom. The highest BCUT2D eigenvalue weighted by Gasteiger charge is 2.23. The summed E-state index contributed by atoms with van der Waals surface area (Å²) in [6.45, 7) is 0. The van der Waals surface area contributed by atoms with E-state index in [-0.39, 0.29) is 0 Å². The molecule has 82 valence electrons. The second-order valence-electron chi connectivity index (χ2n) is 4.82. The Labute approximate surface area is 92.7 Å². The largest absolute Gasteiger partial charge is 0.328 e. The van der Waals surface area contributed by atoms with Gasteiger partial charge >= 0.3 is 0 Å². The molecule has 0 spiro atoms. The Morgan fingerprint density at radius 3 is 2.60 bits per heavy atom. The lowest BCUT2D eigenvalue weighted by molar-refractivity contribution is 0.516. The zero-order valence-corrected chi connectivity index (χ0v) is 9.36. The molecule has 0 aliphatic heterocycles. The lowest BCUT2D eigenvalue weighted by Crippen LogP contribution is -2.20. The van der Waals surface area contributed by atoms with Gasteiger partial charge in [-0.1, -0.05) is 43.2 Å². The molecular weight excluding hydrogens is 182 g/mol. The molecule has 1 aliphatic rings. The molecule has 0 heterocycles. The van der Waals surface area contributed by atoms with Crippen LogP contribution in [0.25, 0.3) is 0 Å². The first-order chi connectivity index (χ1) is 7.34. The van der Waals surface area contributed by atoms with E-state index in [4.69, 9.17) is 5.73 Å². The highest BCUT2D eigenvalue weighted by atomic mass is 14.6. The molecule has 1 fully saturated rings. The molecule has 1 aliphatic carbocycles. The van der Waals surface area contributed by atoms with E-state index >= 15 is 0 Å². The maximum absolute atomic E-state index is 6.08. The maximum Gasteiger partial charge on any atom is 0.00415 e. The number of rotatable bonds is 6. The van der Waals surface area contributed by atoms with Gasteiger partial charge in [0.25, 0.3) is 0 Å². The SMILES string of the molecule is NC(CCCc1ccccc1)CC1CC1. The van der Waals surface area contributed by atoms with Crippen molar-refractivity contribution in [1.29, 1.82) is 0 Å². The molecule has 1 aromatic carbocycles. The molecular formula is C14H21N. The van der Waals surface area contributed by atoms with Gasteiger partial charge in [0.2, 0.25) is 0 Å². The van der Waals surface area contributed by atoms with Gasteiger partial charge < -0.3 is 5.73 Å². The topological polar surface area (TPSA) is 26.0 Å². The summed E-state index contributed by atoms with van der Waals surface area (Å²) in [7, 11) is 0. The van der Waals surface area contributed by atoms with E-state index < -0.39 is 0 Å². The molecule has 0 bridgehead atoms. The van der Waals surface area contributed by atoms with E-state index in [1.807, 2.05) is 0 Å². The van der Waals surface area contributed by atoms with Gasteiger partial charge in [-0.3, -0.25) is 0 Å². The minimum Gasteiger partial charge on any atom is -0.328 e.